The maximum absolute atomic E-state index is 13.1. The van der Waals surface area contributed by atoms with Crippen LogP contribution in [0.2, 0.25) is 0 Å². The summed E-state index contributed by atoms with van der Waals surface area (Å²) in [4.78, 5) is 17.3. The minimum Gasteiger partial charge on any atom is -0.349 e. The van der Waals surface area contributed by atoms with Gasteiger partial charge in [-0.3, -0.25) is 9.78 Å². The summed E-state index contributed by atoms with van der Waals surface area (Å²) in [7, 11) is 0. The third kappa shape index (κ3) is 3.14. The van der Waals surface area contributed by atoms with Crippen LogP contribution in [0.4, 0.5) is 0 Å². The van der Waals surface area contributed by atoms with E-state index in [1.54, 1.807) is 6.20 Å². The molecule has 0 spiro atoms. The van der Waals surface area contributed by atoms with E-state index in [0.717, 1.165) is 36.2 Å². The molecule has 4 nitrogen and oxygen atoms in total. The maximum Gasteiger partial charge on any atom is 0.228 e. The Bertz CT molecular complexity index is 759. The fourth-order valence-electron chi connectivity index (χ4n) is 4.61. The molecule has 2 aliphatic rings. The first-order valence-corrected chi connectivity index (χ1v) is 9.71. The summed E-state index contributed by atoms with van der Waals surface area (Å²) >= 11 is 0. The third-order valence-electron chi connectivity index (χ3n) is 6.24. The van der Waals surface area contributed by atoms with Crippen LogP contribution in [0.3, 0.4) is 0 Å². The van der Waals surface area contributed by atoms with Crippen LogP contribution in [-0.4, -0.2) is 24.0 Å². The molecule has 2 aromatic rings. The number of nitrogens with zero attached hydrogens (tertiary/aromatic N) is 1. The number of nitrogens with one attached hydrogen (secondary N) is 2. The molecular weight excluding hydrogens is 322 g/mol. The smallest absolute Gasteiger partial charge is 0.228 e. The number of pyridine rings is 1. The summed E-state index contributed by atoms with van der Waals surface area (Å²) in [5.74, 6) is 0.729. The van der Waals surface area contributed by atoms with Gasteiger partial charge in [0.2, 0.25) is 5.91 Å². The van der Waals surface area contributed by atoms with Crippen molar-refractivity contribution in [3.8, 4) is 11.1 Å². The highest BCUT2D eigenvalue weighted by Gasteiger charge is 2.49. The predicted molar refractivity (Wildman–Crippen MR) is 103 cm³/mol. The van der Waals surface area contributed by atoms with Crippen LogP contribution >= 0.6 is 0 Å². The first-order chi connectivity index (χ1) is 12.7. The lowest BCUT2D eigenvalue weighted by atomic mass is 9.67. The van der Waals surface area contributed by atoms with E-state index in [-0.39, 0.29) is 17.4 Å². The number of carbonyl (C=O) groups is 1. The molecule has 1 saturated heterocycles. The van der Waals surface area contributed by atoms with Crippen molar-refractivity contribution in [3.05, 3.63) is 54.4 Å². The number of fused-ring (bicyclic) bond motifs is 1. The lowest BCUT2D eigenvalue weighted by molar-refractivity contribution is -0.134. The lowest BCUT2D eigenvalue weighted by Crippen LogP contribution is -2.48. The highest BCUT2D eigenvalue weighted by molar-refractivity contribution is 5.84. The fourth-order valence-corrected chi connectivity index (χ4v) is 4.61. The van der Waals surface area contributed by atoms with Crippen LogP contribution in [0.1, 0.15) is 44.2 Å². The van der Waals surface area contributed by atoms with Gasteiger partial charge in [0, 0.05) is 18.9 Å². The molecule has 1 aromatic heterocycles. The molecule has 4 rings (SSSR count). The summed E-state index contributed by atoms with van der Waals surface area (Å²) in [6.07, 6.45) is 8.27. The molecule has 136 valence electrons. The minimum absolute atomic E-state index is 0.0167. The Morgan fingerprint density at radius 3 is 2.85 bits per heavy atom. The molecule has 0 bridgehead atoms. The molecule has 0 radical (unpaired) electrons. The van der Waals surface area contributed by atoms with Crippen LogP contribution in [-0.2, 0) is 4.79 Å². The largest absolute Gasteiger partial charge is 0.349 e. The molecular formula is C22H27N3O. The average molecular weight is 349 g/mol. The Balaban J connectivity index is 1.46. The summed E-state index contributed by atoms with van der Waals surface area (Å²) in [5.41, 5.74) is 3.20. The number of carbonyl (C=O) groups excluding carboxylic acids is 1. The summed E-state index contributed by atoms with van der Waals surface area (Å²) < 4.78 is 0. The molecule has 2 fully saturated rings. The van der Waals surface area contributed by atoms with E-state index in [2.05, 4.69) is 52.9 Å². The van der Waals surface area contributed by atoms with E-state index >= 15 is 0 Å². The Morgan fingerprint density at radius 2 is 2.08 bits per heavy atom. The van der Waals surface area contributed by atoms with Gasteiger partial charge in [0.05, 0.1) is 11.5 Å². The van der Waals surface area contributed by atoms with Gasteiger partial charge in [0.1, 0.15) is 0 Å². The van der Waals surface area contributed by atoms with E-state index in [4.69, 9.17) is 0 Å². The summed E-state index contributed by atoms with van der Waals surface area (Å²) in [5, 5.41) is 6.75. The van der Waals surface area contributed by atoms with Crippen molar-refractivity contribution < 1.29 is 4.79 Å². The van der Waals surface area contributed by atoms with Gasteiger partial charge in [-0.25, -0.2) is 0 Å². The minimum atomic E-state index is -0.192. The van der Waals surface area contributed by atoms with Crippen molar-refractivity contribution in [3.63, 3.8) is 0 Å². The fraction of sp³-hybridized carbons (Fsp3) is 0.455. The van der Waals surface area contributed by atoms with Gasteiger partial charge in [-0.2, -0.15) is 0 Å². The molecule has 4 heteroatoms. The van der Waals surface area contributed by atoms with Gasteiger partial charge < -0.3 is 10.6 Å². The second-order valence-electron chi connectivity index (χ2n) is 7.79. The van der Waals surface area contributed by atoms with Crippen LogP contribution in [0.25, 0.3) is 11.1 Å². The van der Waals surface area contributed by atoms with Crippen molar-refractivity contribution in [2.75, 3.05) is 13.1 Å². The highest BCUT2D eigenvalue weighted by atomic mass is 16.2. The number of benzene rings is 1. The highest BCUT2D eigenvalue weighted by Crippen LogP contribution is 2.44. The number of hydrogen-bond donors (Lipinski definition) is 2. The Labute approximate surface area is 155 Å². The normalized spacial score (nSPS) is 26.1. The van der Waals surface area contributed by atoms with Gasteiger partial charge in [-0.1, -0.05) is 43.2 Å². The Kier molecular flexibility index (Phi) is 4.77. The van der Waals surface area contributed by atoms with Crippen LogP contribution in [0.5, 0.6) is 0 Å². The van der Waals surface area contributed by atoms with Crippen LogP contribution in [0, 0.1) is 11.3 Å². The molecule has 2 N–H and O–H groups in total. The summed E-state index contributed by atoms with van der Waals surface area (Å²) in [6, 6.07) is 12.4. The lowest BCUT2D eigenvalue weighted by Gasteiger charge is -2.38. The topological polar surface area (TPSA) is 54.0 Å². The zero-order valence-electron chi connectivity index (χ0n) is 15.4. The number of hydrogen-bond acceptors (Lipinski definition) is 3. The van der Waals surface area contributed by atoms with E-state index in [0.29, 0.717) is 5.92 Å². The molecule has 1 aliphatic heterocycles. The Hall–Kier alpha value is -2.20. The zero-order chi connectivity index (χ0) is 18.0. The van der Waals surface area contributed by atoms with Gasteiger partial charge >= 0.3 is 0 Å². The monoisotopic (exact) mass is 349 g/mol. The van der Waals surface area contributed by atoms with Crippen LogP contribution in [0.15, 0.2) is 48.8 Å². The molecule has 2 heterocycles. The van der Waals surface area contributed by atoms with Gasteiger partial charge in [0.15, 0.2) is 0 Å². The standard InChI is InChI=1S/C22H27N3O/c1-16(17-7-9-18(10-8-17)19-5-4-12-23-13-19)25-21(26)22-11-3-2-6-20(22)14-24-15-22/h4-5,7-10,12-13,16,20,24H,2-3,6,11,14-15H2,1H3,(H,25,26)/t16?,20-,22+/m0/s1. The first-order valence-electron chi connectivity index (χ1n) is 9.71. The van der Waals surface area contributed by atoms with Gasteiger partial charge in [0.25, 0.3) is 0 Å². The maximum atomic E-state index is 13.1. The number of amides is 1. The zero-order valence-corrected chi connectivity index (χ0v) is 15.4. The summed E-state index contributed by atoms with van der Waals surface area (Å²) in [6.45, 7) is 3.89. The Morgan fingerprint density at radius 1 is 1.23 bits per heavy atom. The second-order valence-corrected chi connectivity index (χ2v) is 7.79. The average Bonchev–Trinajstić information content (AvgIpc) is 3.14. The second kappa shape index (κ2) is 7.20. The van der Waals surface area contributed by atoms with Crippen molar-refractivity contribution >= 4 is 5.91 Å². The molecule has 1 aromatic carbocycles. The molecule has 1 amide bonds. The predicted octanol–water partition coefficient (Wildman–Crippen LogP) is 3.71. The number of rotatable bonds is 4. The molecule has 3 atom stereocenters. The molecule has 1 saturated carbocycles. The first kappa shape index (κ1) is 17.2. The van der Waals surface area contributed by atoms with Crippen molar-refractivity contribution in [2.24, 2.45) is 11.3 Å². The van der Waals surface area contributed by atoms with E-state index < -0.39 is 0 Å². The van der Waals surface area contributed by atoms with E-state index in [1.165, 1.54) is 19.3 Å². The van der Waals surface area contributed by atoms with Gasteiger partial charge in [-0.05, 0) is 55.0 Å². The third-order valence-corrected chi connectivity index (χ3v) is 6.24. The van der Waals surface area contributed by atoms with E-state index in [1.807, 2.05) is 12.3 Å². The SMILES string of the molecule is CC(NC(=O)[C@@]12CCCC[C@H]1CNC2)c1ccc(-c2cccnc2)cc1. The molecule has 1 unspecified atom stereocenters. The number of aromatic nitrogens is 1. The molecule has 1 aliphatic carbocycles. The van der Waals surface area contributed by atoms with Crippen LogP contribution < -0.4 is 10.6 Å². The van der Waals surface area contributed by atoms with Crippen molar-refractivity contribution in [1.29, 1.82) is 0 Å². The molecule has 26 heavy (non-hydrogen) atoms. The van der Waals surface area contributed by atoms with Crippen molar-refractivity contribution in [1.82, 2.24) is 15.6 Å². The quantitative estimate of drug-likeness (QED) is 0.885. The van der Waals surface area contributed by atoms with Gasteiger partial charge in [-0.15, -0.1) is 0 Å². The van der Waals surface area contributed by atoms with Crippen molar-refractivity contribution in [2.45, 2.75) is 38.6 Å². The van der Waals surface area contributed by atoms with E-state index in [9.17, 15) is 4.79 Å².